The minimum absolute atomic E-state index is 0.154. The minimum Gasteiger partial charge on any atom is -0.508 e. The minimum atomic E-state index is 0.154. The molecular weight excluding hydrogens is 236 g/mol. The van der Waals surface area contributed by atoms with Crippen LogP contribution in [-0.4, -0.2) is 23.6 Å². The van der Waals surface area contributed by atoms with Crippen LogP contribution in [0.15, 0.2) is 54.6 Å². The lowest BCUT2D eigenvalue weighted by Gasteiger charge is -2.27. The van der Waals surface area contributed by atoms with Crippen molar-refractivity contribution in [2.75, 3.05) is 13.6 Å². The third kappa shape index (κ3) is 3.56. The van der Waals surface area contributed by atoms with Crippen molar-refractivity contribution >= 4 is 0 Å². The van der Waals surface area contributed by atoms with Crippen molar-refractivity contribution < 1.29 is 5.11 Å². The van der Waals surface area contributed by atoms with Gasteiger partial charge in [-0.05, 0) is 30.3 Å². The number of nitrogens with zero attached hydrogens (tertiary/aromatic N) is 1. The van der Waals surface area contributed by atoms with Crippen molar-refractivity contribution in [2.45, 2.75) is 12.6 Å². The molecule has 0 fully saturated rings. The maximum atomic E-state index is 9.34. The highest BCUT2D eigenvalue weighted by Crippen LogP contribution is 2.22. The largest absolute Gasteiger partial charge is 0.508 e. The zero-order chi connectivity index (χ0) is 13.7. The number of phenolic OH excluding ortho intramolecular Hbond substituents is 1. The van der Waals surface area contributed by atoms with Gasteiger partial charge in [0.05, 0.1) is 0 Å². The number of hydrogen-bond donors (Lipinski definition) is 2. The van der Waals surface area contributed by atoms with E-state index in [-0.39, 0.29) is 11.8 Å². The van der Waals surface area contributed by atoms with Gasteiger partial charge in [0.25, 0.3) is 0 Å². The molecule has 0 bridgehead atoms. The van der Waals surface area contributed by atoms with E-state index in [1.807, 2.05) is 30.3 Å². The molecule has 2 aromatic carbocycles. The van der Waals surface area contributed by atoms with Gasteiger partial charge in [-0.15, -0.1) is 0 Å². The van der Waals surface area contributed by atoms with E-state index in [4.69, 9.17) is 5.73 Å². The van der Waals surface area contributed by atoms with Crippen molar-refractivity contribution in [1.82, 2.24) is 4.90 Å². The smallest absolute Gasteiger partial charge is 0.115 e. The first-order valence-electron chi connectivity index (χ1n) is 6.44. The van der Waals surface area contributed by atoms with Crippen LogP contribution in [-0.2, 0) is 6.54 Å². The number of likely N-dealkylation sites (N-methyl/N-ethyl adjacent to an activating group) is 1. The Kier molecular flexibility index (Phi) is 4.55. The monoisotopic (exact) mass is 256 g/mol. The molecule has 0 aliphatic carbocycles. The van der Waals surface area contributed by atoms with E-state index in [1.54, 1.807) is 12.1 Å². The summed E-state index contributed by atoms with van der Waals surface area (Å²) in [5, 5.41) is 9.34. The molecule has 0 saturated carbocycles. The van der Waals surface area contributed by atoms with Gasteiger partial charge in [-0.3, -0.25) is 4.90 Å². The summed E-state index contributed by atoms with van der Waals surface area (Å²) in [6.07, 6.45) is 0. The average molecular weight is 256 g/mol. The van der Waals surface area contributed by atoms with E-state index < -0.39 is 0 Å². The first-order valence-corrected chi connectivity index (χ1v) is 6.44. The molecule has 3 heteroatoms. The van der Waals surface area contributed by atoms with Crippen molar-refractivity contribution in [3.63, 3.8) is 0 Å². The van der Waals surface area contributed by atoms with Crippen molar-refractivity contribution in [3.05, 3.63) is 65.7 Å². The van der Waals surface area contributed by atoms with Gasteiger partial charge in [-0.1, -0.05) is 42.5 Å². The van der Waals surface area contributed by atoms with E-state index in [0.29, 0.717) is 6.54 Å². The van der Waals surface area contributed by atoms with Gasteiger partial charge in [0.2, 0.25) is 0 Å². The van der Waals surface area contributed by atoms with Crippen LogP contribution in [0.3, 0.4) is 0 Å². The van der Waals surface area contributed by atoms with E-state index in [1.165, 1.54) is 5.56 Å². The Morgan fingerprint density at radius 1 is 1.05 bits per heavy atom. The first kappa shape index (κ1) is 13.6. The van der Waals surface area contributed by atoms with E-state index in [0.717, 1.165) is 12.1 Å². The van der Waals surface area contributed by atoms with E-state index >= 15 is 0 Å². The van der Waals surface area contributed by atoms with Gasteiger partial charge in [0.15, 0.2) is 0 Å². The molecule has 1 unspecified atom stereocenters. The molecule has 0 aliphatic heterocycles. The normalized spacial score (nSPS) is 12.6. The lowest BCUT2D eigenvalue weighted by atomic mass is 10.0. The fourth-order valence-corrected chi connectivity index (χ4v) is 2.25. The fraction of sp³-hybridized carbons (Fsp3) is 0.250. The maximum absolute atomic E-state index is 9.34. The summed E-state index contributed by atoms with van der Waals surface area (Å²) < 4.78 is 0. The van der Waals surface area contributed by atoms with Crippen LogP contribution in [0.5, 0.6) is 5.75 Å². The van der Waals surface area contributed by atoms with Crippen LogP contribution in [0, 0.1) is 0 Å². The second kappa shape index (κ2) is 6.36. The fourth-order valence-electron chi connectivity index (χ4n) is 2.25. The van der Waals surface area contributed by atoms with Crippen LogP contribution < -0.4 is 5.73 Å². The van der Waals surface area contributed by atoms with Crippen LogP contribution in [0.2, 0.25) is 0 Å². The SMILES string of the molecule is CN(Cc1ccccc1)C(CN)c1ccc(O)cc1. The van der Waals surface area contributed by atoms with Gasteiger partial charge in [0.1, 0.15) is 5.75 Å². The van der Waals surface area contributed by atoms with Crippen LogP contribution in [0.4, 0.5) is 0 Å². The molecule has 19 heavy (non-hydrogen) atoms. The molecule has 2 rings (SSSR count). The second-order valence-electron chi connectivity index (χ2n) is 4.74. The van der Waals surface area contributed by atoms with Crippen molar-refractivity contribution in [2.24, 2.45) is 5.73 Å². The molecule has 1 atom stereocenters. The molecule has 100 valence electrons. The second-order valence-corrected chi connectivity index (χ2v) is 4.74. The van der Waals surface area contributed by atoms with Crippen LogP contribution >= 0.6 is 0 Å². The molecule has 2 aromatic rings. The number of benzene rings is 2. The summed E-state index contributed by atoms with van der Waals surface area (Å²) in [4.78, 5) is 2.22. The van der Waals surface area contributed by atoms with Crippen molar-refractivity contribution in [3.8, 4) is 5.75 Å². The van der Waals surface area contributed by atoms with E-state index in [9.17, 15) is 5.11 Å². The van der Waals surface area contributed by atoms with Crippen molar-refractivity contribution in [1.29, 1.82) is 0 Å². The molecule has 0 heterocycles. The lowest BCUT2D eigenvalue weighted by Crippen LogP contribution is -2.30. The first-order chi connectivity index (χ1) is 9.20. The third-order valence-corrected chi connectivity index (χ3v) is 3.31. The van der Waals surface area contributed by atoms with Gasteiger partial charge >= 0.3 is 0 Å². The Morgan fingerprint density at radius 3 is 2.26 bits per heavy atom. The summed E-state index contributed by atoms with van der Waals surface area (Å²) in [5.41, 5.74) is 8.28. The summed E-state index contributed by atoms with van der Waals surface area (Å²) in [5.74, 6) is 0.283. The standard InChI is InChI=1S/C16H20N2O/c1-18(12-13-5-3-2-4-6-13)16(11-17)14-7-9-15(19)10-8-14/h2-10,16,19H,11-12,17H2,1H3. The summed E-state index contributed by atoms with van der Waals surface area (Å²) >= 11 is 0. The number of aromatic hydroxyl groups is 1. The van der Waals surface area contributed by atoms with Crippen LogP contribution in [0.25, 0.3) is 0 Å². The number of phenols is 1. The number of rotatable bonds is 5. The molecule has 0 aromatic heterocycles. The molecule has 0 aliphatic rings. The van der Waals surface area contributed by atoms with Gasteiger partial charge in [-0.2, -0.15) is 0 Å². The van der Waals surface area contributed by atoms with E-state index in [2.05, 4.69) is 24.1 Å². The Morgan fingerprint density at radius 2 is 1.68 bits per heavy atom. The van der Waals surface area contributed by atoms with Gasteiger partial charge < -0.3 is 10.8 Å². The number of nitrogens with two attached hydrogens (primary N) is 1. The average Bonchev–Trinajstić information content (AvgIpc) is 2.43. The molecule has 0 spiro atoms. The zero-order valence-corrected chi connectivity index (χ0v) is 11.2. The topological polar surface area (TPSA) is 49.5 Å². The Balaban J connectivity index is 2.11. The highest BCUT2D eigenvalue weighted by Gasteiger charge is 2.15. The van der Waals surface area contributed by atoms with Crippen LogP contribution in [0.1, 0.15) is 17.2 Å². The van der Waals surface area contributed by atoms with Gasteiger partial charge in [0, 0.05) is 19.1 Å². The highest BCUT2D eigenvalue weighted by atomic mass is 16.3. The molecule has 0 amide bonds. The Labute approximate surface area is 114 Å². The lowest BCUT2D eigenvalue weighted by molar-refractivity contribution is 0.241. The Hall–Kier alpha value is -1.84. The molecule has 0 saturated heterocycles. The quantitative estimate of drug-likeness (QED) is 0.864. The summed E-state index contributed by atoms with van der Waals surface area (Å²) in [6.45, 7) is 1.40. The zero-order valence-electron chi connectivity index (χ0n) is 11.2. The molecule has 0 radical (unpaired) electrons. The summed E-state index contributed by atoms with van der Waals surface area (Å²) in [6, 6.07) is 17.7. The predicted molar refractivity (Wildman–Crippen MR) is 77.8 cm³/mol. The number of hydrogen-bond acceptors (Lipinski definition) is 3. The summed E-state index contributed by atoms with van der Waals surface area (Å²) in [7, 11) is 2.07. The molecule has 3 nitrogen and oxygen atoms in total. The highest BCUT2D eigenvalue weighted by molar-refractivity contribution is 5.28. The molecular formula is C16H20N2O. The third-order valence-electron chi connectivity index (χ3n) is 3.31. The molecule has 3 N–H and O–H groups in total. The Bertz CT molecular complexity index is 496. The van der Waals surface area contributed by atoms with Gasteiger partial charge in [-0.25, -0.2) is 0 Å². The predicted octanol–water partition coefficient (Wildman–Crippen LogP) is 2.52. The maximum Gasteiger partial charge on any atom is 0.115 e.